The Labute approximate surface area is 278 Å². The molecule has 1 aliphatic carbocycles. The van der Waals surface area contributed by atoms with Crippen LogP contribution in [-0.4, -0.2) is 78.6 Å². The fraction of sp³-hybridized carbons (Fsp3) is 0.529. The summed E-state index contributed by atoms with van der Waals surface area (Å²) in [6.45, 7) is 18.4. The van der Waals surface area contributed by atoms with Crippen LogP contribution in [-0.2, 0) is 19.1 Å². The van der Waals surface area contributed by atoms with Crippen LogP contribution in [0.4, 0.5) is 4.79 Å². The Hall–Kier alpha value is -4.26. The lowest BCUT2D eigenvalue weighted by atomic mass is 9.85. The van der Waals surface area contributed by atoms with E-state index in [1.54, 1.807) is 36.9 Å². The van der Waals surface area contributed by atoms with Crippen molar-refractivity contribution in [1.82, 2.24) is 30.5 Å². The summed E-state index contributed by atoms with van der Waals surface area (Å²) in [6.07, 6.45) is 1.12. The molecule has 1 saturated carbocycles. The lowest BCUT2D eigenvalue weighted by molar-refractivity contribution is -0.146. The number of hydrogen-bond acceptors (Lipinski definition) is 8. The van der Waals surface area contributed by atoms with Crippen LogP contribution in [0, 0.1) is 25.2 Å². The maximum atomic E-state index is 14.4. The summed E-state index contributed by atoms with van der Waals surface area (Å²) in [5.74, 6) is -2.67. The smallest absolute Gasteiger partial charge is 0.408 e. The highest BCUT2D eigenvalue weighted by atomic mass is 32.1. The number of hydrogen-bond donors (Lipinski definition) is 3. The second kappa shape index (κ2) is 12.1. The minimum absolute atomic E-state index is 0.0703. The normalized spacial score (nSPS) is 23.3. The van der Waals surface area contributed by atoms with Crippen LogP contribution in [0.1, 0.15) is 71.6 Å². The van der Waals surface area contributed by atoms with Gasteiger partial charge in [-0.2, -0.15) is 26.3 Å². The number of aromatic nitrogens is 3. The first-order valence-corrected chi connectivity index (χ1v) is 16.7. The van der Waals surface area contributed by atoms with Crippen LogP contribution in [0.2, 0.25) is 0 Å². The van der Waals surface area contributed by atoms with Crippen molar-refractivity contribution < 1.29 is 29.0 Å². The Balaban J connectivity index is 1.50. The van der Waals surface area contributed by atoms with Crippen LogP contribution >= 0.6 is 11.3 Å². The molecule has 0 radical (unpaired) electrons. The lowest BCUT2D eigenvalue weighted by Crippen LogP contribution is -2.59. The van der Waals surface area contributed by atoms with E-state index in [2.05, 4.69) is 28.7 Å². The van der Waals surface area contributed by atoms with E-state index in [4.69, 9.17) is 14.9 Å². The Morgan fingerprint density at radius 1 is 1.15 bits per heavy atom. The summed E-state index contributed by atoms with van der Waals surface area (Å²) in [6, 6.07) is 1.47. The summed E-state index contributed by atoms with van der Waals surface area (Å²) >= 11 is 1.61. The number of carbonyl (C=O) groups excluding carboxylic acids is 3. The van der Waals surface area contributed by atoms with Gasteiger partial charge in [0.2, 0.25) is 11.8 Å². The van der Waals surface area contributed by atoms with Crippen LogP contribution in [0.3, 0.4) is 0 Å². The predicted molar refractivity (Wildman–Crippen MR) is 179 cm³/mol. The molecule has 3 aromatic rings. The van der Waals surface area contributed by atoms with Crippen molar-refractivity contribution in [1.29, 1.82) is 0 Å². The molecular weight excluding hydrogens is 620 g/mol. The largest absolute Gasteiger partial charge is 0.479 e. The van der Waals surface area contributed by atoms with Crippen molar-refractivity contribution in [2.75, 3.05) is 6.54 Å². The molecule has 13 heteroatoms. The van der Waals surface area contributed by atoms with E-state index < -0.39 is 64.5 Å². The molecular formula is C34H44N6O6S. The van der Waals surface area contributed by atoms with Gasteiger partial charge in [-0.25, -0.2) is 9.59 Å². The third-order valence-electron chi connectivity index (χ3n) is 9.08. The number of rotatable bonds is 8. The topological polar surface area (TPSA) is 156 Å². The van der Waals surface area contributed by atoms with Gasteiger partial charge in [-0.1, -0.05) is 26.8 Å². The molecule has 252 valence electrons. The van der Waals surface area contributed by atoms with Gasteiger partial charge < -0.3 is 25.4 Å². The Morgan fingerprint density at radius 3 is 2.40 bits per heavy atom. The number of thiophene rings is 1. The van der Waals surface area contributed by atoms with Crippen molar-refractivity contribution in [3.8, 4) is 11.1 Å². The molecule has 3 N–H and O–H groups in total. The lowest BCUT2D eigenvalue weighted by Gasteiger charge is -2.36. The van der Waals surface area contributed by atoms with Crippen molar-refractivity contribution in [3.05, 3.63) is 46.7 Å². The van der Waals surface area contributed by atoms with E-state index in [1.165, 1.54) is 11.0 Å². The molecule has 1 aliphatic heterocycles. The molecule has 1 saturated heterocycles. The van der Waals surface area contributed by atoms with E-state index >= 15 is 0 Å². The summed E-state index contributed by atoms with van der Waals surface area (Å²) in [7, 11) is 0. The first-order valence-electron chi connectivity index (χ1n) is 15.7. The maximum absolute atomic E-state index is 14.4. The number of aliphatic carboxylic acids is 1. The van der Waals surface area contributed by atoms with E-state index in [1.807, 2.05) is 46.1 Å². The fourth-order valence-electron chi connectivity index (χ4n) is 6.24. The second-order valence-electron chi connectivity index (χ2n) is 14.7. The van der Waals surface area contributed by atoms with Crippen LogP contribution in [0.25, 0.3) is 22.2 Å². The molecule has 1 aromatic carbocycles. The molecule has 2 aliphatic rings. The van der Waals surface area contributed by atoms with E-state index in [0.717, 1.165) is 27.8 Å². The van der Waals surface area contributed by atoms with Gasteiger partial charge in [0, 0.05) is 18.9 Å². The van der Waals surface area contributed by atoms with E-state index in [0.29, 0.717) is 5.52 Å². The highest BCUT2D eigenvalue weighted by Gasteiger charge is 2.61. The molecule has 2 fully saturated rings. The van der Waals surface area contributed by atoms with Gasteiger partial charge >= 0.3 is 12.1 Å². The summed E-state index contributed by atoms with van der Waals surface area (Å²) in [5.41, 5.74) is 2.62. The average Bonchev–Trinajstić information content (AvgIpc) is 3.40. The number of carbonyl (C=O) groups is 4. The van der Waals surface area contributed by atoms with Crippen LogP contribution < -0.4 is 10.6 Å². The number of alkyl carbamates (subject to hydrolysis) is 1. The monoisotopic (exact) mass is 664 g/mol. The number of carboxylic acid groups (broad SMARTS) is 1. The maximum Gasteiger partial charge on any atom is 0.408 e. The summed E-state index contributed by atoms with van der Waals surface area (Å²) in [5, 5.41) is 29.2. The number of likely N-dealkylation sites (tertiary alicyclic amines) is 1. The van der Waals surface area contributed by atoms with Crippen molar-refractivity contribution >= 4 is 46.2 Å². The molecule has 3 heterocycles. The number of aryl methyl sites for hydroxylation is 1. The minimum atomic E-state index is -1.48. The van der Waals surface area contributed by atoms with Gasteiger partial charge in [0.1, 0.15) is 34.3 Å². The number of nitrogens with one attached hydrogen (secondary N) is 2. The van der Waals surface area contributed by atoms with Gasteiger partial charge in [-0.05, 0) is 91.6 Å². The highest BCUT2D eigenvalue weighted by molar-refractivity contribution is 7.08. The first kappa shape index (κ1) is 34.1. The van der Waals surface area contributed by atoms with Crippen LogP contribution in [0.15, 0.2) is 35.5 Å². The van der Waals surface area contributed by atoms with Gasteiger partial charge in [0.05, 0.1) is 6.04 Å². The number of fused-ring (bicyclic) bond motifs is 1. The fourth-order valence-corrected chi connectivity index (χ4v) is 6.89. The van der Waals surface area contributed by atoms with Gasteiger partial charge in [-0.15, -0.1) is 6.58 Å². The zero-order chi connectivity index (χ0) is 34.6. The van der Waals surface area contributed by atoms with Crippen molar-refractivity contribution in [2.45, 2.75) is 97.5 Å². The highest BCUT2D eigenvalue weighted by Crippen LogP contribution is 2.45. The Kier molecular flexibility index (Phi) is 8.76. The standard InChI is InChI=1S/C34H44N6O6S/c1-10-21-15-34(21,30(43)44)36-28(41)25-13-22(16-39(25)29(42)27(32(4,5)6)35-31(45)46-33(7,8)9)40-37-24-14-23(20-11-12-47-17-20)18(2)19(3)26(24)38-40/h10-12,14,17,21-22,25,27H,1,13,15-16H2,2-9H3,(H,35,45)(H,36,41)(H,43,44). The number of nitrogens with zero attached hydrogens (tertiary/aromatic N) is 4. The average molecular weight is 665 g/mol. The van der Waals surface area contributed by atoms with Gasteiger partial charge in [0.25, 0.3) is 0 Å². The first-order chi connectivity index (χ1) is 21.9. The predicted octanol–water partition coefficient (Wildman–Crippen LogP) is 5.00. The molecule has 0 spiro atoms. The van der Waals surface area contributed by atoms with Crippen LogP contribution in [0.5, 0.6) is 0 Å². The zero-order valence-electron chi connectivity index (χ0n) is 28.2. The van der Waals surface area contributed by atoms with Crippen molar-refractivity contribution in [3.63, 3.8) is 0 Å². The number of amides is 3. The molecule has 12 nitrogen and oxygen atoms in total. The summed E-state index contributed by atoms with van der Waals surface area (Å²) < 4.78 is 5.46. The third kappa shape index (κ3) is 6.63. The van der Waals surface area contributed by atoms with E-state index in [9.17, 15) is 24.3 Å². The Morgan fingerprint density at radius 2 is 1.85 bits per heavy atom. The Bertz CT molecular complexity index is 1740. The van der Waals surface area contributed by atoms with Gasteiger partial charge in [-0.3, -0.25) is 9.59 Å². The molecule has 5 atom stereocenters. The molecule has 3 amide bonds. The summed E-state index contributed by atoms with van der Waals surface area (Å²) in [4.78, 5) is 56.4. The zero-order valence-corrected chi connectivity index (χ0v) is 29.0. The molecule has 5 unspecified atom stereocenters. The third-order valence-corrected chi connectivity index (χ3v) is 9.77. The van der Waals surface area contributed by atoms with Crippen molar-refractivity contribution in [2.24, 2.45) is 11.3 Å². The van der Waals surface area contributed by atoms with E-state index in [-0.39, 0.29) is 19.4 Å². The number of carboxylic acids is 1. The second-order valence-corrected chi connectivity index (χ2v) is 15.5. The van der Waals surface area contributed by atoms with Gasteiger partial charge in [0.15, 0.2) is 0 Å². The number of ether oxygens (including phenoxy) is 1. The molecule has 2 aromatic heterocycles. The molecule has 47 heavy (non-hydrogen) atoms. The number of benzene rings is 1. The quantitative estimate of drug-likeness (QED) is 0.284. The SMILES string of the molecule is C=CC1CC1(NC(=O)C1CC(n2nc3cc(-c4ccsc4)c(C)c(C)c3n2)CN1C(=O)C(NC(=O)OC(C)(C)C)C(C)(C)C)C(=O)O. The molecule has 0 bridgehead atoms. The minimum Gasteiger partial charge on any atom is -0.479 e. The molecule has 5 rings (SSSR count).